The Hall–Kier alpha value is -1.69. The third-order valence-electron chi connectivity index (χ3n) is 1.08. The van der Waals surface area contributed by atoms with Crippen molar-refractivity contribution in [3.63, 3.8) is 0 Å². The van der Waals surface area contributed by atoms with Crippen LogP contribution >= 0.6 is 0 Å². The molecular weight excluding hydrogens is 130 g/mol. The first-order valence-corrected chi connectivity index (χ1v) is 2.65. The van der Waals surface area contributed by atoms with Crippen molar-refractivity contribution in [3.8, 4) is 6.07 Å². The Morgan fingerprint density at radius 3 is 3.00 bits per heavy atom. The number of hydrogen-bond acceptors (Lipinski definition) is 3. The highest BCUT2D eigenvalue weighted by Crippen LogP contribution is 2.11. The molecule has 1 aromatic rings. The summed E-state index contributed by atoms with van der Waals surface area (Å²) in [6, 6.07) is 3.41. The fourth-order valence-corrected chi connectivity index (χ4v) is 0.586. The molecule has 0 fully saturated rings. The Kier molecular flexibility index (Phi) is 1.76. The SMILES string of the molecule is N#C/C(=C\O)c1ccoc1. The summed E-state index contributed by atoms with van der Waals surface area (Å²) in [6.07, 6.45) is 3.59. The van der Waals surface area contributed by atoms with Crippen LogP contribution in [0.5, 0.6) is 0 Å². The molecule has 1 rings (SSSR count). The van der Waals surface area contributed by atoms with Crippen LogP contribution < -0.4 is 0 Å². The molecule has 0 aromatic carbocycles. The summed E-state index contributed by atoms with van der Waals surface area (Å²) in [5.74, 6) is 0. The zero-order valence-corrected chi connectivity index (χ0v) is 5.11. The molecule has 0 radical (unpaired) electrons. The average molecular weight is 135 g/mol. The number of allylic oxidation sites excluding steroid dienone is 1. The molecule has 0 aliphatic rings. The standard InChI is InChI=1S/C7H5NO2/c8-3-7(4-9)6-1-2-10-5-6/h1-2,4-5,9H/b7-4+. The van der Waals surface area contributed by atoms with Gasteiger partial charge >= 0.3 is 0 Å². The summed E-state index contributed by atoms with van der Waals surface area (Å²) < 4.78 is 4.70. The zero-order valence-electron chi connectivity index (χ0n) is 5.11. The lowest BCUT2D eigenvalue weighted by Gasteiger charge is -1.85. The summed E-state index contributed by atoms with van der Waals surface area (Å²) in [5, 5.41) is 16.8. The fourth-order valence-electron chi connectivity index (χ4n) is 0.586. The van der Waals surface area contributed by atoms with Crippen LogP contribution in [0.1, 0.15) is 5.56 Å². The quantitative estimate of drug-likeness (QED) is 0.471. The molecule has 1 N–H and O–H groups in total. The normalized spacial score (nSPS) is 10.9. The van der Waals surface area contributed by atoms with Gasteiger partial charge in [-0.25, -0.2) is 0 Å². The van der Waals surface area contributed by atoms with Crippen LogP contribution in [-0.4, -0.2) is 5.11 Å². The predicted molar refractivity (Wildman–Crippen MR) is 34.9 cm³/mol. The second kappa shape index (κ2) is 2.74. The van der Waals surface area contributed by atoms with E-state index in [-0.39, 0.29) is 5.57 Å². The Balaban J connectivity index is 2.99. The molecule has 0 saturated heterocycles. The number of aliphatic hydroxyl groups excluding tert-OH is 1. The topological polar surface area (TPSA) is 57.2 Å². The molecule has 3 heteroatoms. The largest absolute Gasteiger partial charge is 0.514 e. The second-order valence-electron chi connectivity index (χ2n) is 1.67. The van der Waals surface area contributed by atoms with Crippen LogP contribution in [0.15, 0.2) is 29.3 Å². The van der Waals surface area contributed by atoms with E-state index in [0.717, 1.165) is 6.26 Å². The maximum atomic E-state index is 8.47. The second-order valence-corrected chi connectivity index (χ2v) is 1.67. The van der Waals surface area contributed by atoms with Gasteiger partial charge in [0.2, 0.25) is 0 Å². The molecule has 0 amide bonds. The lowest BCUT2D eigenvalue weighted by atomic mass is 10.2. The molecule has 0 atom stereocenters. The van der Waals surface area contributed by atoms with Crippen molar-refractivity contribution >= 4 is 5.57 Å². The number of nitriles is 1. The van der Waals surface area contributed by atoms with Gasteiger partial charge in [-0.1, -0.05) is 0 Å². The van der Waals surface area contributed by atoms with Crippen LogP contribution in [0.4, 0.5) is 0 Å². The van der Waals surface area contributed by atoms with Crippen LogP contribution in [0.2, 0.25) is 0 Å². The highest BCUT2D eigenvalue weighted by Gasteiger charge is 1.99. The number of aliphatic hydroxyl groups is 1. The van der Waals surface area contributed by atoms with Gasteiger partial charge in [-0.3, -0.25) is 0 Å². The first-order chi connectivity index (χ1) is 4.88. The molecule has 0 aliphatic carbocycles. The van der Waals surface area contributed by atoms with Crippen molar-refractivity contribution in [3.05, 3.63) is 30.4 Å². The molecule has 3 nitrogen and oxygen atoms in total. The molecule has 0 saturated carbocycles. The number of nitrogens with zero attached hydrogens (tertiary/aromatic N) is 1. The van der Waals surface area contributed by atoms with Gasteiger partial charge in [0.1, 0.15) is 6.07 Å². The minimum atomic E-state index is 0.203. The van der Waals surface area contributed by atoms with Crippen molar-refractivity contribution in [2.45, 2.75) is 0 Å². The van der Waals surface area contributed by atoms with Gasteiger partial charge < -0.3 is 9.52 Å². The zero-order chi connectivity index (χ0) is 7.40. The van der Waals surface area contributed by atoms with Crippen LogP contribution in [0, 0.1) is 11.3 Å². The van der Waals surface area contributed by atoms with Crippen molar-refractivity contribution in [2.24, 2.45) is 0 Å². The molecule has 1 aromatic heterocycles. The summed E-state index contributed by atoms with van der Waals surface area (Å²) >= 11 is 0. The van der Waals surface area contributed by atoms with Crippen molar-refractivity contribution in [1.29, 1.82) is 5.26 Å². The molecule has 0 unspecified atom stereocenters. The van der Waals surface area contributed by atoms with Gasteiger partial charge in [-0.15, -0.1) is 0 Å². The van der Waals surface area contributed by atoms with Gasteiger partial charge in [-0.05, 0) is 6.07 Å². The minimum absolute atomic E-state index is 0.203. The molecule has 0 bridgehead atoms. The Labute approximate surface area is 57.8 Å². The van der Waals surface area contributed by atoms with Gasteiger partial charge in [-0.2, -0.15) is 5.26 Å². The smallest absolute Gasteiger partial charge is 0.103 e. The fraction of sp³-hybridized carbons (Fsp3) is 0. The predicted octanol–water partition coefficient (Wildman–Crippen LogP) is 1.70. The van der Waals surface area contributed by atoms with E-state index in [1.54, 1.807) is 12.1 Å². The summed E-state index contributed by atoms with van der Waals surface area (Å²) in [7, 11) is 0. The van der Waals surface area contributed by atoms with E-state index in [9.17, 15) is 0 Å². The molecule has 0 spiro atoms. The molecular formula is C7H5NO2. The highest BCUT2D eigenvalue weighted by atomic mass is 16.3. The monoisotopic (exact) mass is 135 g/mol. The first-order valence-electron chi connectivity index (χ1n) is 2.65. The lowest BCUT2D eigenvalue weighted by Crippen LogP contribution is -1.74. The van der Waals surface area contributed by atoms with Crippen LogP contribution in [0.25, 0.3) is 5.57 Å². The van der Waals surface area contributed by atoms with E-state index in [0.29, 0.717) is 5.56 Å². The average Bonchev–Trinajstić information content (AvgIpc) is 2.43. The Bertz CT molecular complexity index is 266. The molecule has 50 valence electrons. The van der Waals surface area contributed by atoms with E-state index in [1.807, 2.05) is 0 Å². The maximum Gasteiger partial charge on any atom is 0.103 e. The number of hydrogen-bond donors (Lipinski definition) is 1. The van der Waals surface area contributed by atoms with E-state index < -0.39 is 0 Å². The van der Waals surface area contributed by atoms with Crippen molar-refractivity contribution in [1.82, 2.24) is 0 Å². The molecule has 0 aliphatic heterocycles. The van der Waals surface area contributed by atoms with Gasteiger partial charge in [0, 0.05) is 5.56 Å². The van der Waals surface area contributed by atoms with Crippen molar-refractivity contribution < 1.29 is 9.52 Å². The van der Waals surface area contributed by atoms with Gasteiger partial charge in [0.15, 0.2) is 0 Å². The van der Waals surface area contributed by atoms with E-state index >= 15 is 0 Å². The summed E-state index contributed by atoms with van der Waals surface area (Å²) in [6.45, 7) is 0. The van der Waals surface area contributed by atoms with Crippen LogP contribution in [0.3, 0.4) is 0 Å². The first kappa shape index (κ1) is 6.43. The maximum absolute atomic E-state index is 8.47. The van der Waals surface area contributed by atoms with Gasteiger partial charge in [0.25, 0.3) is 0 Å². The number of furan rings is 1. The molecule has 1 heterocycles. The lowest BCUT2D eigenvalue weighted by molar-refractivity contribution is 0.476. The number of rotatable bonds is 1. The minimum Gasteiger partial charge on any atom is -0.514 e. The Morgan fingerprint density at radius 2 is 2.60 bits per heavy atom. The third kappa shape index (κ3) is 1.00. The van der Waals surface area contributed by atoms with E-state index in [4.69, 9.17) is 14.8 Å². The van der Waals surface area contributed by atoms with E-state index in [1.165, 1.54) is 12.5 Å². The summed E-state index contributed by atoms with van der Waals surface area (Å²) in [4.78, 5) is 0. The van der Waals surface area contributed by atoms with E-state index in [2.05, 4.69) is 0 Å². The summed E-state index contributed by atoms with van der Waals surface area (Å²) in [5.41, 5.74) is 0.791. The van der Waals surface area contributed by atoms with Crippen molar-refractivity contribution in [2.75, 3.05) is 0 Å². The molecule has 10 heavy (non-hydrogen) atoms. The van der Waals surface area contributed by atoms with Crippen LogP contribution in [-0.2, 0) is 0 Å². The third-order valence-corrected chi connectivity index (χ3v) is 1.08. The highest BCUT2D eigenvalue weighted by molar-refractivity contribution is 5.74. The van der Waals surface area contributed by atoms with Gasteiger partial charge in [0.05, 0.1) is 24.4 Å². The Morgan fingerprint density at radius 1 is 1.80 bits per heavy atom.